The molecule has 1 aromatic carbocycles. The van der Waals surface area contributed by atoms with E-state index in [1.54, 1.807) is 0 Å². The molecule has 0 saturated carbocycles. The first-order chi connectivity index (χ1) is 8.08. The Balaban J connectivity index is 2.06. The Hall–Kier alpha value is -1.84. The van der Waals surface area contributed by atoms with Crippen LogP contribution < -0.4 is 4.90 Å². The Morgan fingerprint density at radius 2 is 1.65 bits per heavy atom. The summed E-state index contributed by atoms with van der Waals surface area (Å²) < 4.78 is 0. The first kappa shape index (κ1) is 11.6. The largest absolute Gasteiger partial charge is 0.356 e. The van der Waals surface area contributed by atoms with Gasteiger partial charge in [0.15, 0.2) is 0 Å². The summed E-state index contributed by atoms with van der Waals surface area (Å²) in [5, 5.41) is 0. The van der Waals surface area contributed by atoms with Crippen molar-refractivity contribution >= 4 is 17.5 Å². The van der Waals surface area contributed by atoms with E-state index in [1.807, 2.05) is 43.1 Å². The van der Waals surface area contributed by atoms with Gasteiger partial charge >= 0.3 is 0 Å². The van der Waals surface area contributed by atoms with E-state index in [0.717, 1.165) is 5.69 Å². The van der Waals surface area contributed by atoms with E-state index in [4.69, 9.17) is 0 Å². The third-order valence-electron chi connectivity index (χ3n) is 2.98. The monoisotopic (exact) mass is 232 g/mol. The minimum absolute atomic E-state index is 0.0750. The predicted molar refractivity (Wildman–Crippen MR) is 65.5 cm³/mol. The number of anilines is 1. The highest BCUT2D eigenvalue weighted by Crippen LogP contribution is 2.17. The van der Waals surface area contributed by atoms with E-state index in [2.05, 4.69) is 0 Å². The molecule has 1 aliphatic heterocycles. The summed E-state index contributed by atoms with van der Waals surface area (Å²) in [6.45, 7) is 2.36. The van der Waals surface area contributed by atoms with Gasteiger partial charge in [-0.1, -0.05) is 17.7 Å². The third kappa shape index (κ3) is 2.46. The van der Waals surface area contributed by atoms with E-state index in [1.165, 1.54) is 10.5 Å². The lowest BCUT2D eigenvalue weighted by Crippen LogP contribution is -2.39. The van der Waals surface area contributed by atoms with E-state index >= 15 is 0 Å². The van der Waals surface area contributed by atoms with Gasteiger partial charge in [-0.25, -0.2) is 0 Å². The summed E-state index contributed by atoms with van der Waals surface area (Å²) in [6.07, 6.45) is 0.696. The fourth-order valence-corrected chi connectivity index (χ4v) is 1.87. The number of aryl methyl sites for hydroxylation is 1. The van der Waals surface area contributed by atoms with Gasteiger partial charge in [-0.3, -0.25) is 14.5 Å². The molecule has 1 saturated heterocycles. The standard InChI is InChI=1S/C13H16N2O2/c1-10-3-5-11(6-4-10)14(2)9-15-12(16)7-8-13(15)17/h3-6H,7-9H2,1-2H3. The number of hydrogen-bond acceptors (Lipinski definition) is 3. The maximum atomic E-state index is 11.5. The van der Waals surface area contributed by atoms with Crippen LogP contribution in [0.1, 0.15) is 18.4 Å². The topological polar surface area (TPSA) is 40.6 Å². The van der Waals surface area contributed by atoms with E-state index in [-0.39, 0.29) is 11.8 Å². The fourth-order valence-electron chi connectivity index (χ4n) is 1.87. The van der Waals surface area contributed by atoms with Gasteiger partial charge in [0, 0.05) is 25.6 Å². The summed E-state index contributed by atoms with van der Waals surface area (Å²) in [6, 6.07) is 8.00. The molecule has 1 aliphatic rings. The van der Waals surface area contributed by atoms with Crippen LogP contribution in [-0.2, 0) is 9.59 Å². The number of imide groups is 1. The maximum Gasteiger partial charge on any atom is 0.231 e. The van der Waals surface area contributed by atoms with Gasteiger partial charge < -0.3 is 4.90 Å². The number of rotatable bonds is 3. The molecule has 0 aromatic heterocycles. The van der Waals surface area contributed by atoms with Crippen LogP contribution in [0, 0.1) is 6.92 Å². The molecule has 0 radical (unpaired) electrons. The molecular weight excluding hydrogens is 216 g/mol. The number of amides is 2. The van der Waals surface area contributed by atoms with Crippen molar-refractivity contribution in [2.75, 3.05) is 18.6 Å². The molecule has 1 fully saturated rings. The van der Waals surface area contributed by atoms with Crippen LogP contribution in [0.3, 0.4) is 0 Å². The van der Waals surface area contributed by atoms with E-state index in [0.29, 0.717) is 19.5 Å². The molecule has 0 unspecified atom stereocenters. The van der Waals surface area contributed by atoms with Crippen LogP contribution in [0.25, 0.3) is 0 Å². The van der Waals surface area contributed by atoms with Gasteiger partial charge in [0.25, 0.3) is 0 Å². The van der Waals surface area contributed by atoms with Gasteiger partial charge in [0.2, 0.25) is 11.8 Å². The molecule has 1 heterocycles. The second-order valence-corrected chi connectivity index (χ2v) is 4.39. The van der Waals surface area contributed by atoms with Crippen molar-refractivity contribution < 1.29 is 9.59 Å². The second-order valence-electron chi connectivity index (χ2n) is 4.39. The van der Waals surface area contributed by atoms with Crippen molar-refractivity contribution in [3.05, 3.63) is 29.8 Å². The van der Waals surface area contributed by atoms with E-state index in [9.17, 15) is 9.59 Å². The van der Waals surface area contributed by atoms with Crippen LogP contribution in [0.5, 0.6) is 0 Å². The second kappa shape index (κ2) is 4.57. The van der Waals surface area contributed by atoms with Crippen LogP contribution in [0.4, 0.5) is 5.69 Å². The highest BCUT2D eigenvalue weighted by molar-refractivity contribution is 6.02. The first-order valence-corrected chi connectivity index (χ1v) is 5.69. The quantitative estimate of drug-likeness (QED) is 0.742. The molecule has 2 rings (SSSR count). The predicted octanol–water partition coefficient (Wildman–Crippen LogP) is 1.54. The van der Waals surface area contributed by atoms with Gasteiger partial charge in [-0.05, 0) is 19.1 Å². The molecule has 17 heavy (non-hydrogen) atoms. The Morgan fingerprint density at radius 1 is 1.12 bits per heavy atom. The molecular formula is C13H16N2O2. The van der Waals surface area contributed by atoms with Crippen molar-refractivity contribution in [3.8, 4) is 0 Å². The normalized spacial score (nSPS) is 15.5. The molecule has 0 bridgehead atoms. The SMILES string of the molecule is Cc1ccc(N(C)CN2C(=O)CCC2=O)cc1. The molecule has 0 aliphatic carbocycles. The average molecular weight is 232 g/mol. The minimum atomic E-state index is -0.0750. The smallest absolute Gasteiger partial charge is 0.231 e. The van der Waals surface area contributed by atoms with Crippen LogP contribution in [0.2, 0.25) is 0 Å². The molecule has 90 valence electrons. The lowest BCUT2D eigenvalue weighted by Gasteiger charge is -2.24. The molecule has 0 spiro atoms. The highest BCUT2D eigenvalue weighted by atomic mass is 16.2. The zero-order valence-electron chi connectivity index (χ0n) is 10.1. The van der Waals surface area contributed by atoms with E-state index < -0.39 is 0 Å². The maximum absolute atomic E-state index is 11.5. The summed E-state index contributed by atoms with van der Waals surface area (Å²) in [5.74, 6) is -0.150. The fraction of sp³-hybridized carbons (Fsp3) is 0.385. The molecule has 2 amide bonds. The molecule has 4 nitrogen and oxygen atoms in total. The number of hydrogen-bond donors (Lipinski definition) is 0. The van der Waals surface area contributed by atoms with Gasteiger partial charge in [0.05, 0.1) is 0 Å². The molecule has 0 N–H and O–H groups in total. The van der Waals surface area contributed by atoms with Crippen molar-refractivity contribution in [1.29, 1.82) is 0 Å². The third-order valence-corrected chi connectivity index (χ3v) is 2.98. The molecule has 0 atom stereocenters. The lowest BCUT2D eigenvalue weighted by atomic mass is 10.2. The zero-order chi connectivity index (χ0) is 12.4. The van der Waals surface area contributed by atoms with Crippen LogP contribution >= 0.6 is 0 Å². The Kier molecular flexibility index (Phi) is 3.13. The summed E-state index contributed by atoms with van der Waals surface area (Å²) >= 11 is 0. The van der Waals surface area contributed by atoms with Gasteiger partial charge in [-0.2, -0.15) is 0 Å². The molecule has 1 aromatic rings. The summed E-state index contributed by atoms with van der Waals surface area (Å²) in [7, 11) is 1.88. The van der Waals surface area contributed by atoms with Crippen LogP contribution in [-0.4, -0.2) is 30.4 Å². The summed E-state index contributed by atoms with van der Waals surface area (Å²) in [5.41, 5.74) is 2.19. The van der Waals surface area contributed by atoms with Crippen molar-refractivity contribution in [2.45, 2.75) is 19.8 Å². The number of carbonyl (C=O) groups is 2. The van der Waals surface area contributed by atoms with Gasteiger partial charge in [-0.15, -0.1) is 0 Å². The van der Waals surface area contributed by atoms with Gasteiger partial charge in [0.1, 0.15) is 6.67 Å². The average Bonchev–Trinajstić information content (AvgIpc) is 2.61. The lowest BCUT2D eigenvalue weighted by molar-refractivity contribution is -0.138. The Labute approximate surface area is 101 Å². The van der Waals surface area contributed by atoms with Crippen LogP contribution in [0.15, 0.2) is 24.3 Å². The Bertz CT molecular complexity index is 423. The highest BCUT2D eigenvalue weighted by Gasteiger charge is 2.29. The number of carbonyl (C=O) groups excluding carboxylic acids is 2. The zero-order valence-corrected chi connectivity index (χ0v) is 10.1. The number of likely N-dealkylation sites (tertiary alicyclic amines) is 1. The minimum Gasteiger partial charge on any atom is -0.356 e. The molecule has 4 heteroatoms. The van der Waals surface area contributed by atoms with Crippen molar-refractivity contribution in [3.63, 3.8) is 0 Å². The number of benzene rings is 1. The summed E-state index contributed by atoms with van der Waals surface area (Å²) in [4.78, 5) is 26.2. The Morgan fingerprint density at radius 3 is 2.18 bits per heavy atom. The first-order valence-electron chi connectivity index (χ1n) is 5.69. The van der Waals surface area contributed by atoms with Crippen molar-refractivity contribution in [1.82, 2.24) is 4.90 Å². The number of nitrogens with zero attached hydrogens (tertiary/aromatic N) is 2. The van der Waals surface area contributed by atoms with Crippen molar-refractivity contribution in [2.24, 2.45) is 0 Å².